The Morgan fingerprint density at radius 3 is 2.22 bits per heavy atom. The summed E-state index contributed by atoms with van der Waals surface area (Å²) >= 11 is 0. The molecule has 1 rings (SSSR count). The maximum absolute atomic E-state index is 13.1. The van der Waals surface area contributed by atoms with Crippen molar-refractivity contribution in [3.05, 3.63) is 34.9 Å². The minimum Gasteiger partial charge on any atom is -0.369 e. The number of hydrogen-bond acceptors (Lipinski definition) is 5. The van der Waals surface area contributed by atoms with Crippen LogP contribution in [-0.4, -0.2) is 30.9 Å². The Balaban J connectivity index is 3.39. The van der Waals surface area contributed by atoms with Gasteiger partial charge in [-0.1, -0.05) is 0 Å². The monoisotopic (exact) mass is 435 g/mol. The Morgan fingerprint density at radius 1 is 1.19 bits per heavy atom. The number of nitrogens with two attached hydrogens (primary N) is 1. The first kappa shape index (κ1) is 23.1. The van der Waals surface area contributed by atoms with Crippen LogP contribution in [0.25, 0.3) is 0 Å². The Morgan fingerprint density at radius 2 is 1.78 bits per heavy atom. The largest absolute Gasteiger partial charge is 0.416 e. The summed E-state index contributed by atoms with van der Waals surface area (Å²) in [5.74, 6) is -1.80. The summed E-state index contributed by atoms with van der Waals surface area (Å²) in [5.41, 5.74) is 0.913. The van der Waals surface area contributed by atoms with Crippen LogP contribution in [0.15, 0.2) is 18.2 Å². The maximum Gasteiger partial charge on any atom is 0.416 e. The van der Waals surface area contributed by atoms with Crippen molar-refractivity contribution < 1.29 is 39.6 Å². The lowest BCUT2D eigenvalue weighted by Gasteiger charge is -2.22. The van der Waals surface area contributed by atoms with E-state index in [2.05, 4.69) is 0 Å². The molecule has 0 bridgehead atoms. The van der Waals surface area contributed by atoms with Crippen molar-refractivity contribution in [3.63, 3.8) is 0 Å². The second-order valence-corrected chi connectivity index (χ2v) is 8.85. The van der Waals surface area contributed by atoms with Gasteiger partial charge in [-0.05, 0) is 34.6 Å². The van der Waals surface area contributed by atoms with Crippen LogP contribution in [0.4, 0.5) is 26.3 Å². The van der Waals surface area contributed by atoms with E-state index >= 15 is 0 Å². The number of hydrogen-bond donors (Lipinski definition) is 1. The molecule has 0 unspecified atom stereocenters. The Kier molecular flexibility index (Phi) is 7.14. The first-order chi connectivity index (χ1) is 12.2. The molecule has 0 saturated heterocycles. The number of alkyl halides is 6. The third-order valence-electron chi connectivity index (χ3n) is 3.00. The summed E-state index contributed by atoms with van der Waals surface area (Å²) in [6.45, 7) is -2.10. The highest BCUT2D eigenvalue weighted by Crippen LogP contribution is 2.37. The quantitative estimate of drug-likeness (QED) is 0.403. The fourth-order valence-electron chi connectivity index (χ4n) is 1.87. The lowest BCUT2D eigenvalue weighted by atomic mass is 10.0. The third kappa shape index (κ3) is 6.60. The van der Waals surface area contributed by atoms with Crippen LogP contribution < -0.4 is 5.73 Å². The van der Waals surface area contributed by atoms with Crippen molar-refractivity contribution in [1.82, 2.24) is 4.31 Å². The van der Waals surface area contributed by atoms with Crippen molar-refractivity contribution in [2.24, 2.45) is 5.73 Å². The highest BCUT2D eigenvalue weighted by molar-refractivity contribution is 8.71. The van der Waals surface area contributed by atoms with Crippen LogP contribution in [0.5, 0.6) is 0 Å². The molecule has 1 aromatic rings. The molecule has 0 aliphatic rings. The zero-order valence-corrected chi connectivity index (χ0v) is 14.8. The fraction of sp³-hybridized carbons (Fsp3) is 0.385. The van der Waals surface area contributed by atoms with E-state index in [1.165, 1.54) is 6.07 Å². The van der Waals surface area contributed by atoms with Gasteiger partial charge < -0.3 is 5.73 Å². The SMILES string of the molecule is N#CCN(Cc1cc(C(F)(F)F)ccc1C(F)(F)F)S(=O)(=O)SCC(N)=O. The molecule has 0 aliphatic carbocycles. The van der Waals surface area contributed by atoms with Gasteiger partial charge in [0.15, 0.2) is 0 Å². The number of primary amides is 1. The number of carbonyl (C=O) groups excluding carboxylic acids is 1. The van der Waals surface area contributed by atoms with Crippen molar-refractivity contribution in [2.75, 3.05) is 12.3 Å². The second kappa shape index (κ2) is 8.36. The van der Waals surface area contributed by atoms with Crippen molar-refractivity contribution in [1.29, 1.82) is 5.26 Å². The van der Waals surface area contributed by atoms with Gasteiger partial charge in [0.2, 0.25) is 5.91 Å². The summed E-state index contributed by atoms with van der Waals surface area (Å²) in [7, 11) is -4.56. The van der Waals surface area contributed by atoms with E-state index in [-0.39, 0.29) is 33.3 Å². The molecule has 0 saturated carbocycles. The fourth-order valence-corrected chi connectivity index (χ4v) is 4.35. The molecule has 0 atom stereocenters. The first-order valence-electron chi connectivity index (χ1n) is 6.75. The first-order valence-corrected chi connectivity index (χ1v) is 9.70. The van der Waals surface area contributed by atoms with Gasteiger partial charge in [-0.25, -0.2) is 8.42 Å². The summed E-state index contributed by atoms with van der Waals surface area (Å²) in [5, 5.41) is 8.71. The van der Waals surface area contributed by atoms with Crippen molar-refractivity contribution in [2.45, 2.75) is 18.9 Å². The summed E-state index contributed by atoms with van der Waals surface area (Å²) in [6.07, 6.45) is -10.0. The van der Waals surface area contributed by atoms with Gasteiger partial charge in [-0.15, -0.1) is 0 Å². The van der Waals surface area contributed by atoms with E-state index in [0.29, 0.717) is 0 Å². The molecule has 0 spiro atoms. The molecule has 150 valence electrons. The summed E-state index contributed by atoms with van der Waals surface area (Å²) < 4.78 is 102. The number of rotatable bonds is 7. The van der Waals surface area contributed by atoms with Crippen molar-refractivity contribution >= 4 is 25.8 Å². The number of benzene rings is 1. The molecule has 27 heavy (non-hydrogen) atoms. The zero-order valence-electron chi connectivity index (χ0n) is 13.1. The Bertz CT molecular complexity index is 846. The second-order valence-electron chi connectivity index (χ2n) is 4.98. The molecule has 0 fully saturated rings. The molecular weight excluding hydrogens is 424 g/mol. The lowest BCUT2D eigenvalue weighted by Crippen LogP contribution is -2.31. The maximum atomic E-state index is 13.1. The van der Waals surface area contributed by atoms with Gasteiger partial charge in [0.1, 0.15) is 6.54 Å². The minimum absolute atomic E-state index is 0.0538. The number of nitrogens with zero attached hydrogens (tertiary/aromatic N) is 2. The molecule has 6 nitrogen and oxygen atoms in total. The summed E-state index contributed by atoms with van der Waals surface area (Å²) in [6, 6.07) is 1.97. The van der Waals surface area contributed by atoms with Gasteiger partial charge in [0.05, 0.1) is 22.9 Å². The minimum atomic E-state index is -5.05. The predicted molar refractivity (Wildman–Crippen MR) is 83.0 cm³/mol. The van der Waals surface area contributed by atoms with Gasteiger partial charge >= 0.3 is 12.4 Å². The van der Waals surface area contributed by atoms with Crippen LogP contribution in [0.3, 0.4) is 0 Å². The van der Waals surface area contributed by atoms with E-state index in [9.17, 15) is 39.6 Å². The molecule has 0 heterocycles. The molecular formula is C13H11F6N3O3S2. The van der Waals surface area contributed by atoms with Crippen molar-refractivity contribution in [3.8, 4) is 6.07 Å². The van der Waals surface area contributed by atoms with Gasteiger partial charge in [-0.2, -0.15) is 35.9 Å². The zero-order chi connectivity index (χ0) is 21.0. The normalized spacial score (nSPS) is 12.8. The van der Waals surface area contributed by atoms with Crippen LogP contribution in [-0.2, 0) is 32.7 Å². The average Bonchev–Trinajstić information content (AvgIpc) is 2.50. The van der Waals surface area contributed by atoms with Crippen LogP contribution in [0, 0.1) is 11.3 Å². The smallest absolute Gasteiger partial charge is 0.369 e. The Labute approximate surface area is 153 Å². The molecule has 1 amide bonds. The highest BCUT2D eigenvalue weighted by Gasteiger charge is 2.38. The Hall–Kier alpha value is -1.98. The predicted octanol–water partition coefficient (Wildman–Crippen LogP) is 2.51. The number of amides is 1. The number of halogens is 6. The van der Waals surface area contributed by atoms with Gasteiger partial charge in [0, 0.05) is 6.54 Å². The molecule has 0 radical (unpaired) electrons. The van der Waals surface area contributed by atoms with E-state index in [1.807, 2.05) is 0 Å². The molecule has 14 heteroatoms. The molecule has 0 aromatic heterocycles. The third-order valence-corrected chi connectivity index (χ3v) is 6.47. The van der Waals surface area contributed by atoms with E-state index < -0.39 is 62.8 Å². The highest BCUT2D eigenvalue weighted by atomic mass is 33.1. The molecule has 0 aliphatic heterocycles. The molecule has 1 aromatic carbocycles. The van der Waals surface area contributed by atoms with Gasteiger partial charge in [-0.3, -0.25) is 4.79 Å². The van der Waals surface area contributed by atoms with E-state index in [0.717, 1.165) is 0 Å². The van der Waals surface area contributed by atoms with Gasteiger partial charge in [0.25, 0.3) is 9.06 Å². The average molecular weight is 435 g/mol. The van der Waals surface area contributed by atoms with Crippen LogP contribution in [0.2, 0.25) is 0 Å². The summed E-state index contributed by atoms with van der Waals surface area (Å²) in [4.78, 5) is 10.7. The van der Waals surface area contributed by atoms with Crippen LogP contribution in [0.1, 0.15) is 16.7 Å². The van der Waals surface area contributed by atoms with E-state index in [1.54, 1.807) is 0 Å². The lowest BCUT2D eigenvalue weighted by molar-refractivity contribution is -0.142. The number of carbonyl (C=O) groups is 1. The van der Waals surface area contributed by atoms with Crippen LogP contribution >= 0.6 is 10.8 Å². The topological polar surface area (TPSA) is 104 Å². The number of nitriles is 1. The van der Waals surface area contributed by atoms with E-state index in [4.69, 9.17) is 11.0 Å². The standard InChI is InChI=1S/C13H11F6N3O3S2/c14-12(15,16)9-1-2-10(13(17,18)19)8(5-9)6-22(4-3-20)27(24,25)26-7-11(21)23/h1-2,5H,4,6-7H2,(H2,21,23). The molecule has 2 N–H and O–H groups in total.